The van der Waals surface area contributed by atoms with Crippen LogP contribution in [0.15, 0.2) is 23.1 Å². The summed E-state index contributed by atoms with van der Waals surface area (Å²) < 4.78 is 26.0. The van der Waals surface area contributed by atoms with E-state index in [-0.39, 0.29) is 16.1 Å². The number of rotatable bonds is 7. The second-order valence-electron chi connectivity index (χ2n) is 4.44. The van der Waals surface area contributed by atoms with Crippen LogP contribution >= 0.6 is 0 Å². The first-order valence-electron chi connectivity index (χ1n) is 6.17. The summed E-state index contributed by atoms with van der Waals surface area (Å²) in [5.74, 6) is 0. The van der Waals surface area contributed by atoms with Gasteiger partial charge in [-0.25, -0.2) is 12.7 Å². The van der Waals surface area contributed by atoms with Gasteiger partial charge in [0.25, 0.3) is 5.69 Å². The summed E-state index contributed by atoms with van der Waals surface area (Å²) in [6.45, 7) is 2.51. The third kappa shape index (κ3) is 3.53. The summed E-state index contributed by atoms with van der Waals surface area (Å²) in [6.07, 6.45) is 0.667. The minimum atomic E-state index is -3.71. The van der Waals surface area contributed by atoms with Gasteiger partial charge in [0.1, 0.15) is 0 Å². The van der Waals surface area contributed by atoms with Crippen molar-refractivity contribution in [2.75, 3.05) is 27.2 Å². The van der Waals surface area contributed by atoms with Gasteiger partial charge in [0, 0.05) is 25.2 Å². The normalized spacial score (nSPS) is 11.8. The summed E-state index contributed by atoms with van der Waals surface area (Å²) >= 11 is 0. The van der Waals surface area contributed by atoms with E-state index in [1.54, 1.807) is 7.05 Å². The van der Waals surface area contributed by atoms with Crippen LogP contribution in [0, 0.1) is 17.0 Å². The van der Waals surface area contributed by atoms with Crippen LogP contribution in [-0.4, -0.2) is 44.8 Å². The Bertz CT molecular complexity index is 586. The van der Waals surface area contributed by atoms with Gasteiger partial charge in [-0.2, -0.15) is 0 Å². The van der Waals surface area contributed by atoms with Crippen molar-refractivity contribution in [3.63, 3.8) is 0 Å². The number of nitrogens with zero attached hydrogens (tertiary/aromatic N) is 2. The van der Waals surface area contributed by atoms with Gasteiger partial charge in [-0.05, 0) is 33.0 Å². The van der Waals surface area contributed by atoms with Crippen LogP contribution in [0.2, 0.25) is 0 Å². The zero-order valence-corrected chi connectivity index (χ0v) is 12.6. The molecule has 1 N–H and O–H groups in total. The molecule has 0 saturated carbocycles. The first-order valence-corrected chi connectivity index (χ1v) is 7.61. The van der Waals surface area contributed by atoms with Gasteiger partial charge < -0.3 is 5.32 Å². The second kappa shape index (κ2) is 6.78. The molecule has 0 aliphatic rings. The molecular formula is C12H19N3O4S. The molecule has 112 valence electrons. The van der Waals surface area contributed by atoms with Gasteiger partial charge in [0.15, 0.2) is 0 Å². The van der Waals surface area contributed by atoms with Gasteiger partial charge in [-0.1, -0.05) is 6.07 Å². The average molecular weight is 301 g/mol. The van der Waals surface area contributed by atoms with Crippen LogP contribution in [0.3, 0.4) is 0 Å². The van der Waals surface area contributed by atoms with Crippen molar-refractivity contribution < 1.29 is 13.3 Å². The zero-order valence-electron chi connectivity index (χ0n) is 11.8. The van der Waals surface area contributed by atoms with Crippen LogP contribution in [-0.2, 0) is 10.0 Å². The topological polar surface area (TPSA) is 92.6 Å². The molecule has 20 heavy (non-hydrogen) atoms. The fourth-order valence-corrected chi connectivity index (χ4v) is 3.29. The molecular weight excluding hydrogens is 282 g/mol. The number of nitro groups is 1. The Morgan fingerprint density at radius 3 is 2.60 bits per heavy atom. The Labute approximate surface area is 118 Å². The van der Waals surface area contributed by atoms with E-state index in [9.17, 15) is 18.5 Å². The van der Waals surface area contributed by atoms with E-state index in [0.717, 1.165) is 0 Å². The summed E-state index contributed by atoms with van der Waals surface area (Å²) in [7, 11) is -0.439. The number of benzene rings is 1. The van der Waals surface area contributed by atoms with Gasteiger partial charge >= 0.3 is 0 Å². The third-order valence-corrected chi connectivity index (χ3v) is 5.04. The summed E-state index contributed by atoms with van der Waals surface area (Å²) in [4.78, 5) is 10.3. The van der Waals surface area contributed by atoms with Gasteiger partial charge in [-0.15, -0.1) is 0 Å². The molecule has 0 aliphatic heterocycles. The molecule has 7 nitrogen and oxygen atoms in total. The second-order valence-corrected chi connectivity index (χ2v) is 6.45. The van der Waals surface area contributed by atoms with Gasteiger partial charge in [0.05, 0.1) is 9.82 Å². The maximum atomic E-state index is 12.4. The molecule has 0 amide bonds. The molecule has 0 saturated heterocycles. The van der Waals surface area contributed by atoms with E-state index in [1.807, 2.05) is 0 Å². The molecule has 0 aliphatic carbocycles. The quantitative estimate of drug-likeness (QED) is 0.463. The number of hydrogen-bond donors (Lipinski definition) is 1. The first kappa shape index (κ1) is 16.5. The molecule has 0 aromatic heterocycles. The minimum absolute atomic E-state index is 0.0151. The Hall–Kier alpha value is -1.51. The van der Waals surface area contributed by atoms with Crippen molar-refractivity contribution in [2.24, 2.45) is 0 Å². The highest BCUT2D eigenvalue weighted by Gasteiger charge is 2.26. The Morgan fingerprint density at radius 2 is 2.05 bits per heavy atom. The molecule has 0 heterocycles. The van der Waals surface area contributed by atoms with Crippen molar-refractivity contribution in [3.8, 4) is 0 Å². The van der Waals surface area contributed by atoms with E-state index >= 15 is 0 Å². The smallest absolute Gasteiger partial charge is 0.273 e. The van der Waals surface area contributed by atoms with Crippen molar-refractivity contribution in [1.82, 2.24) is 9.62 Å². The van der Waals surface area contributed by atoms with Crippen LogP contribution in [0.5, 0.6) is 0 Å². The number of nitro benzene ring substituents is 1. The molecule has 0 bridgehead atoms. The highest BCUT2D eigenvalue weighted by molar-refractivity contribution is 7.89. The minimum Gasteiger partial charge on any atom is -0.320 e. The lowest BCUT2D eigenvalue weighted by Gasteiger charge is -2.18. The lowest BCUT2D eigenvalue weighted by molar-refractivity contribution is -0.385. The number of hydrogen-bond acceptors (Lipinski definition) is 5. The predicted molar refractivity (Wildman–Crippen MR) is 76.2 cm³/mol. The van der Waals surface area contributed by atoms with Crippen LogP contribution in [0.4, 0.5) is 5.69 Å². The summed E-state index contributed by atoms with van der Waals surface area (Å²) in [5, 5.41) is 13.8. The molecule has 0 spiro atoms. The van der Waals surface area contributed by atoms with Crippen molar-refractivity contribution in [3.05, 3.63) is 33.9 Å². The highest BCUT2D eigenvalue weighted by Crippen LogP contribution is 2.26. The molecule has 1 rings (SSSR count). The van der Waals surface area contributed by atoms with Crippen LogP contribution in [0.1, 0.15) is 12.0 Å². The largest absolute Gasteiger partial charge is 0.320 e. The molecule has 1 aromatic rings. The molecule has 1 aromatic carbocycles. The summed E-state index contributed by atoms with van der Waals surface area (Å²) in [6, 6.07) is 4.08. The van der Waals surface area contributed by atoms with Gasteiger partial charge in [0.2, 0.25) is 10.0 Å². The molecule has 8 heteroatoms. The Kier molecular flexibility index (Phi) is 5.61. The maximum Gasteiger partial charge on any atom is 0.273 e. The van der Waals surface area contributed by atoms with E-state index < -0.39 is 14.9 Å². The third-order valence-electron chi connectivity index (χ3n) is 3.04. The van der Waals surface area contributed by atoms with E-state index in [1.165, 1.54) is 36.5 Å². The van der Waals surface area contributed by atoms with Crippen molar-refractivity contribution in [2.45, 2.75) is 18.2 Å². The average Bonchev–Trinajstić information content (AvgIpc) is 2.38. The van der Waals surface area contributed by atoms with Crippen LogP contribution in [0.25, 0.3) is 0 Å². The zero-order chi connectivity index (χ0) is 15.3. The molecule has 0 fully saturated rings. The van der Waals surface area contributed by atoms with Crippen LogP contribution < -0.4 is 5.32 Å². The molecule has 0 unspecified atom stereocenters. The van der Waals surface area contributed by atoms with Crippen molar-refractivity contribution in [1.29, 1.82) is 0 Å². The molecule has 0 atom stereocenters. The number of nitrogens with one attached hydrogen (secondary N) is 1. The van der Waals surface area contributed by atoms with Crippen molar-refractivity contribution >= 4 is 15.7 Å². The predicted octanol–water partition coefficient (Wildman–Crippen LogP) is 1.13. The lowest BCUT2D eigenvalue weighted by atomic mass is 10.2. The van der Waals surface area contributed by atoms with E-state index in [2.05, 4.69) is 5.32 Å². The monoisotopic (exact) mass is 301 g/mol. The SMILES string of the molecule is CNCCCN(C)S(=O)(=O)c1cccc([N+](=O)[O-])c1C. The Balaban J connectivity index is 3.10. The fraction of sp³-hybridized carbons (Fsp3) is 0.500. The first-order chi connectivity index (χ1) is 9.32. The standard InChI is InChI=1S/C12H19N3O4S/c1-10-11(15(16)17)6-4-7-12(10)20(18,19)14(3)9-5-8-13-2/h4,6-7,13H,5,8-9H2,1-3H3. The fourth-order valence-electron chi connectivity index (χ4n) is 1.85. The van der Waals surface area contributed by atoms with Gasteiger partial charge in [-0.3, -0.25) is 10.1 Å². The Morgan fingerprint density at radius 1 is 1.40 bits per heavy atom. The molecule has 0 radical (unpaired) electrons. The maximum absolute atomic E-state index is 12.4. The lowest BCUT2D eigenvalue weighted by Crippen LogP contribution is -2.30. The number of sulfonamides is 1. The van der Waals surface area contributed by atoms with E-state index in [4.69, 9.17) is 0 Å². The highest BCUT2D eigenvalue weighted by atomic mass is 32.2. The van der Waals surface area contributed by atoms with E-state index in [0.29, 0.717) is 19.5 Å². The summed E-state index contributed by atoms with van der Waals surface area (Å²) in [5.41, 5.74) is -0.0207.